The van der Waals surface area contributed by atoms with Crippen LogP contribution in [0.25, 0.3) is 0 Å². The highest BCUT2D eigenvalue weighted by molar-refractivity contribution is 7.99. The molecule has 0 atom stereocenters. The van der Waals surface area contributed by atoms with E-state index in [-0.39, 0.29) is 11.7 Å². The minimum Gasteiger partial charge on any atom is -0.368 e. The number of nitrogens with zero attached hydrogens (tertiary/aromatic N) is 3. The summed E-state index contributed by atoms with van der Waals surface area (Å²) < 4.78 is 1.77. The quantitative estimate of drug-likeness (QED) is 0.800. The number of carbonyl (C=O) groups is 1. The van der Waals surface area contributed by atoms with E-state index in [1.807, 2.05) is 31.2 Å². The minimum atomic E-state index is -0.0773. The van der Waals surface area contributed by atoms with E-state index in [0.717, 1.165) is 5.69 Å². The third kappa shape index (κ3) is 4.00. The maximum absolute atomic E-state index is 12.0. The molecule has 0 bridgehead atoms. The highest BCUT2D eigenvalue weighted by atomic mass is 32.2. The summed E-state index contributed by atoms with van der Waals surface area (Å²) in [6.45, 7) is 6.92. The molecule has 1 aromatic heterocycles. The Balaban J connectivity index is 1.90. The number of benzene rings is 1. The Hall–Kier alpha value is -2.02. The maximum atomic E-state index is 12.0. The van der Waals surface area contributed by atoms with Gasteiger partial charge in [-0.25, -0.2) is 0 Å². The Kier molecular flexibility index (Phi) is 5.43. The Morgan fingerprint density at radius 3 is 2.59 bits per heavy atom. The lowest BCUT2D eigenvalue weighted by molar-refractivity contribution is -0.113. The van der Waals surface area contributed by atoms with Gasteiger partial charge in [0.05, 0.1) is 5.75 Å². The average Bonchev–Trinajstić information content (AvgIpc) is 2.85. The van der Waals surface area contributed by atoms with Gasteiger partial charge in [-0.15, -0.1) is 10.2 Å². The largest absolute Gasteiger partial charge is 0.368 e. The van der Waals surface area contributed by atoms with E-state index in [4.69, 9.17) is 5.73 Å². The van der Waals surface area contributed by atoms with Crippen LogP contribution in [0.5, 0.6) is 0 Å². The lowest BCUT2D eigenvalue weighted by Crippen LogP contribution is -2.14. The summed E-state index contributed by atoms with van der Waals surface area (Å²) in [6.07, 6.45) is 0. The molecule has 0 saturated carbocycles. The lowest BCUT2D eigenvalue weighted by atomic mass is 10.0. The summed E-state index contributed by atoms with van der Waals surface area (Å²) in [7, 11) is 0. The molecule has 2 rings (SSSR count). The van der Waals surface area contributed by atoms with Gasteiger partial charge in [-0.2, -0.15) is 0 Å². The fourth-order valence-corrected chi connectivity index (χ4v) is 2.79. The fourth-order valence-electron chi connectivity index (χ4n) is 1.98. The van der Waals surface area contributed by atoms with Crippen molar-refractivity contribution in [2.24, 2.45) is 0 Å². The monoisotopic (exact) mass is 319 g/mol. The smallest absolute Gasteiger partial charge is 0.234 e. The number of carbonyl (C=O) groups excluding carboxylic acids is 1. The first-order valence-electron chi connectivity index (χ1n) is 7.22. The first-order valence-corrected chi connectivity index (χ1v) is 8.21. The molecule has 0 fully saturated rings. The van der Waals surface area contributed by atoms with Crippen molar-refractivity contribution in [3.63, 3.8) is 0 Å². The van der Waals surface area contributed by atoms with Crippen LogP contribution in [0.2, 0.25) is 0 Å². The third-order valence-corrected chi connectivity index (χ3v) is 4.22. The van der Waals surface area contributed by atoms with Gasteiger partial charge in [0.25, 0.3) is 0 Å². The zero-order chi connectivity index (χ0) is 16.1. The number of aromatic nitrogens is 3. The first-order chi connectivity index (χ1) is 10.5. The maximum Gasteiger partial charge on any atom is 0.234 e. The van der Waals surface area contributed by atoms with Gasteiger partial charge in [0.2, 0.25) is 11.9 Å². The molecule has 1 heterocycles. The molecule has 1 amide bonds. The number of thioether (sulfide) groups is 1. The van der Waals surface area contributed by atoms with Gasteiger partial charge in [0.15, 0.2) is 5.16 Å². The molecule has 2 aromatic rings. The van der Waals surface area contributed by atoms with Gasteiger partial charge >= 0.3 is 0 Å². The Labute approximate surface area is 134 Å². The van der Waals surface area contributed by atoms with Crippen LogP contribution in [0.4, 0.5) is 11.6 Å². The number of anilines is 2. The number of nitrogens with two attached hydrogens (primary N) is 1. The molecular weight excluding hydrogens is 298 g/mol. The van der Waals surface area contributed by atoms with Crippen LogP contribution in [-0.4, -0.2) is 26.4 Å². The highest BCUT2D eigenvalue weighted by Crippen LogP contribution is 2.19. The predicted molar refractivity (Wildman–Crippen MR) is 90.0 cm³/mol. The summed E-state index contributed by atoms with van der Waals surface area (Å²) in [5.74, 6) is 1.04. The molecule has 7 heteroatoms. The molecule has 118 valence electrons. The molecule has 6 nitrogen and oxygen atoms in total. The summed E-state index contributed by atoms with van der Waals surface area (Å²) in [4.78, 5) is 12.0. The van der Waals surface area contributed by atoms with Crippen LogP contribution in [0.3, 0.4) is 0 Å². The van der Waals surface area contributed by atoms with Gasteiger partial charge in [-0.3, -0.25) is 9.36 Å². The van der Waals surface area contributed by atoms with Crippen LogP contribution in [0, 0.1) is 0 Å². The molecule has 0 radical (unpaired) electrons. The van der Waals surface area contributed by atoms with E-state index in [1.54, 1.807) is 4.57 Å². The Morgan fingerprint density at radius 2 is 2.00 bits per heavy atom. The van der Waals surface area contributed by atoms with E-state index in [2.05, 4.69) is 29.4 Å². The average molecular weight is 319 g/mol. The highest BCUT2D eigenvalue weighted by Gasteiger charge is 2.11. The number of nitrogen functional groups attached to an aromatic ring is 1. The molecule has 3 N–H and O–H groups in total. The van der Waals surface area contributed by atoms with E-state index in [0.29, 0.717) is 23.6 Å². The van der Waals surface area contributed by atoms with Crippen molar-refractivity contribution in [1.82, 2.24) is 14.8 Å². The lowest BCUT2D eigenvalue weighted by Gasteiger charge is -2.08. The van der Waals surface area contributed by atoms with Crippen molar-refractivity contribution in [1.29, 1.82) is 0 Å². The molecule has 1 aromatic carbocycles. The van der Waals surface area contributed by atoms with Crippen LogP contribution >= 0.6 is 11.8 Å². The first kappa shape index (κ1) is 16.4. The molecule has 0 aliphatic heterocycles. The van der Waals surface area contributed by atoms with E-state index < -0.39 is 0 Å². The van der Waals surface area contributed by atoms with Crippen LogP contribution in [0.15, 0.2) is 29.4 Å². The molecule has 0 unspecified atom stereocenters. The van der Waals surface area contributed by atoms with Crippen molar-refractivity contribution in [3.05, 3.63) is 29.8 Å². The molecule has 22 heavy (non-hydrogen) atoms. The second-order valence-corrected chi connectivity index (χ2v) is 6.14. The van der Waals surface area contributed by atoms with Crippen LogP contribution in [0.1, 0.15) is 32.3 Å². The topological polar surface area (TPSA) is 85.8 Å². The van der Waals surface area contributed by atoms with Crippen molar-refractivity contribution in [2.45, 2.75) is 38.4 Å². The number of rotatable bonds is 6. The minimum absolute atomic E-state index is 0.0773. The van der Waals surface area contributed by atoms with Crippen molar-refractivity contribution >= 4 is 29.3 Å². The number of hydrogen-bond acceptors (Lipinski definition) is 5. The van der Waals surface area contributed by atoms with Crippen LogP contribution in [-0.2, 0) is 11.3 Å². The van der Waals surface area contributed by atoms with Crippen molar-refractivity contribution in [3.8, 4) is 0 Å². The van der Waals surface area contributed by atoms with Crippen molar-refractivity contribution in [2.75, 3.05) is 16.8 Å². The second kappa shape index (κ2) is 7.31. The molecule has 0 aliphatic rings. The number of amides is 1. The van der Waals surface area contributed by atoms with Crippen LogP contribution < -0.4 is 11.1 Å². The predicted octanol–water partition coefficient (Wildman–Crippen LogP) is 2.73. The third-order valence-electron chi connectivity index (χ3n) is 3.26. The summed E-state index contributed by atoms with van der Waals surface area (Å²) in [5.41, 5.74) is 7.74. The van der Waals surface area contributed by atoms with Crippen molar-refractivity contribution < 1.29 is 4.79 Å². The molecule has 0 saturated heterocycles. The standard InChI is InChI=1S/C15H21N5OS/c1-4-20-14(16)18-19-15(20)22-9-13(21)17-12-7-5-11(6-8-12)10(2)3/h5-8,10H,4,9H2,1-3H3,(H2,16,18)(H,17,21). The zero-order valence-electron chi connectivity index (χ0n) is 13.0. The zero-order valence-corrected chi connectivity index (χ0v) is 13.9. The number of hydrogen-bond donors (Lipinski definition) is 2. The summed E-state index contributed by atoms with van der Waals surface area (Å²) >= 11 is 1.33. The van der Waals surface area contributed by atoms with Gasteiger partial charge in [0, 0.05) is 12.2 Å². The van der Waals surface area contributed by atoms with Gasteiger partial charge in [0.1, 0.15) is 0 Å². The Bertz CT molecular complexity index is 636. The molecular formula is C15H21N5OS. The van der Waals surface area contributed by atoms with E-state index >= 15 is 0 Å². The van der Waals surface area contributed by atoms with E-state index in [1.165, 1.54) is 17.3 Å². The SMILES string of the molecule is CCn1c(N)nnc1SCC(=O)Nc1ccc(C(C)C)cc1. The van der Waals surface area contributed by atoms with Gasteiger partial charge < -0.3 is 11.1 Å². The molecule has 0 spiro atoms. The number of nitrogens with one attached hydrogen (secondary N) is 1. The van der Waals surface area contributed by atoms with E-state index in [9.17, 15) is 4.79 Å². The fraction of sp³-hybridized carbons (Fsp3) is 0.400. The second-order valence-electron chi connectivity index (χ2n) is 5.20. The van der Waals surface area contributed by atoms with Gasteiger partial charge in [-0.05, 0) is 30.5 Å². The summed E-state index contributed by atoms with van der Waals surface area (Å²) in [6, 6.07) is 7.90. The molecule has 0 aliphatic carbocycles. The Morgan fingerprint density at radius 1 is 1.32 bits per heavy atom. The van der Waals surface area contributed by atoms with Gasteiger partial charge in [-0.1, -0.05) is 37.7 Å². The summed E-state index contributed by atoms with van der Waals surface area (Å²) in [5, 5.41) is 11.3. The normalized spacial score (nSPS) is 10.9.